The molecule has 0 unspecified atom stereocenters. The summed E-state index contributed by atoms with van der Waals surface area (Å²) >= 11 is 0. The van der Waals surface area contributed by atoms with Crippen LogP contribution in [0.15, 0.2) is 21.8 Å². The predicted molar refractivity (Wildman–Crippen MR) is 119 cm³/mol. The lowest BCUT2D eigenvalue weighted by molar-refractivity contribution is 0.0147. The molecule has 1 aromatic heterocycles. The van der Waals surface area contributed by atoms with Crippen LogP contribution in [-0.4, -0.2) is 115 Å². The zero-order valence-electron chi connectivity index (χ0n) is 19.3. The average molecular weight is 436 g/mol. The van der Waals surface area contributed by atoms with Gasteiger partial charge in [-0.15, -0.1) is 0 Å². The molecule has 2 saturated heterocycles. The maximum Gasteiger partial charge on any atom is 0.410 e. The fourth-order valence-electron chi connectivity index (χ4n) is 3.80. The van der Waals surface area contributed by atoms with Crippen LogP contribution in [0.5, 0.6) is 0 Å². The third-order valence-corrected chi connectivity index (χ3v) is 5.50. The maximum absolute atomic E-state index is 12.2. The molecule has 0 saturated carbocycles. The number of piperazine rings is 2. The Balaban J connectivity index is 1.32. The molecule has 2 fully saturated rings. The van der Waals surface area contributed by atoms with Gasteiger partial charge in [0, 0.05) is 85.1 Å². The molecule has 1 N–H and O–H groups in total. The van der Waals surface area contributed by atoms with E-state index in [1.807, 2.05) is 33.9 Å². The smallest absolute Gasteiger partial charge is 0.410 e. The predicted octanol–water partition coefficient (Wildman–Crippen LogP) is 0.920. The molecule has 31 heavy (non-hydrogen) atoms. The van der Waals surface area contributed by atoms with Gasteiger partial charge in [0.05, 0.1) is 5.69 Å². The first-order valence-electron chi connectivity index (χ1n) is 11.1. The van der Waals surface area contributed by atoms with Crippen molar-refractivity contribution in [3.8, 4) is 0 Å². The van der Waals surface area contributed by atoms with E-state index < -0.39 is 5.60 Å². The molecular weight excluding hydrogens is 398 g/mol. The molecule has 0 bridgehead atoms. The van der Waals surface area contributed by atoms with Crippen LogP contribution < -0.4 is 5.32 Å². The number of carbonyl (C=O) groups is 1. The van der Waals surface area contributed by atoms with Crippen molar-refractivity contribution in [2.24, 2.45) is 4.99 Å². The van der Waals surface area contributed by atoms with Gasteiger partial charge in [0.15, 0.2) is 5.96 Å². The van der Waals surface area contributed by atoms with Crippen molar-refractivity contribution in [2.75, 3.05) is 72.5 Å². The van der Waals surface area contributed by atoms with E-state index in [9.17, 15) is 4.79 Å². The Morgan fingerprint density at radius 1 is 1.10 bits per heavy atom. The molecule has 10 nitrogen and oxygen atoms in total. The zero-order valence-corrected chi connectivity index (χ0v) is 19.3. The molecule has 3 heterocycles. The van der Waals surface area contributed by atoms with Crippen LogP contribution in [0.25, 0.3) is 0 Å². The Labute approximate surface area is 185 Å². The van der Waals surface area contributed by atoms with Gasteiger partial charge in [-0.05, 0) is 20.8 Å². The van der Waals surface area contributed by atoms with Crippen molar-refractivity contribution in [2.45, 2.75) is 32.9 Å². The van der Waals surface area contributed by atoms with Gasteiger partial charge in [-0.3, -0.25) is 14.8 Å². The average Bonchev–Trinajstić information content (AvgIpc) is 3.24. The van der Waals surface area contributed by atoms with E-state index in [-0.39, 0.29) is 6.09 Å². The van der Waals surface area contributed by atoms with E-state index in [4.69, 9.17) is 9.26 Å². The third-order valence-electron chi connectivity index (χ3n) is 5.50. The second-order valence-corrected chi connectivity index (χ2v) is 9.04. The fraction of sp³-hybridized carbons (Fsp3) is 0.762. The highest BCUT2D eigenvalue weighted by Gasteiger charge is 2.26. The van der Waals surface area contributed by atoms with Crippen LogP contribution in [-0.2, 0) is 11.3 Å². The van der Waals surface area contributed by atoms with Crippen molar-refractivity contribution >= 4 is 12.1 Å². The summed E-state index contributed by atoms with van der Waals surface area (Å²) in [6, 6.07) is 1.92. The van der Waals surface area contributed by atoms with Gasteiger partial charge in [-0.25, -0.2) is 4.79 Å². The first kappa shape index (κ1) is 23.3. The summed E-state index contributed by atoms with van der Waals surface area (Å²) in [4.78, 5) is 25.5. The number of hydrogen-bond acceptors (Lipinski definition) is 7. The molecule has 0 radical (unpaired) electrons. The minimum atomic E-state index is -0.449. The van der Waals surface area contributed by atoms with Crippen LogP contribution in [0.2, 0.25) is 0 Å². The molecule has 0 atom stereocenters. The highest BCUT2D eigenvalue weighted by Crippen LogP contribution is 2.12. The van der Waals surface area contributed by atoms with Crippen molar-refractivity contribution in [3.05, 3.63) is 18.0 Å². The minimum Gasteiger partial charge on any atom is -0.444 e. The fourth-order valence-corrected chi connectivity index (χ4v) is 3.80. The highest BCUT2D eigenvalue weighted by molar-refractivity contribution is 5.80. The van der Waals surface area contributed by atoms with Crippen molar-refractivity contribution in [1.29, 1.82) is 0 Å². The number of carbonyl (C=O) groups excluding carboxylic acids is 1. The van der Waals surface area contributed by atoms with Crippen LogP contribution in [0.4, 0.5) is 4.79 Å². The van der Waals surface area contributed by atoms with Gasteiger partial charge in [0.1, 0.15) is 11.9 Å². The summed E-state index contributed by atoms with van der Waals surface area (Å²) < 4.78 is 10.4. The van der Waals surface area contributed by atoms with Crippen LogP contribution in [0.1, 0.15) is 26.5 Å². The first-order chi connectivity index (χ1) is 14.8. The number of ether oxygens (including phenoxy) is 1. The molecule has 0 aromatic carbocycles. The standard InChI is InChI=1S/C21H37N7O3/c1-21(2,3)31-20(29)28-14-8-25(9-15-28)7-6-23-19(22-4)27-12-10-26(11-13-27)17-18-5-16-30-24-18/h5,16H,6-15,17H2,1-4H3,(H,22,23). The Bertz CT molecular complexity index is 701. The summed E-state index contributed by atoms with van der Waals surface area (Å²) in [5, 5.41) is 7.49. The second-order valence-electron chi connectivity index (χ2n) is 9.04. The number of aromatic nitrogens is 1. The van der Waals surface area contributed by atoms with Gasteiger partial charge in [-0.2, -0.15) is 0 Å². The molecule has 174 valence electrons. The normalized spacial score (nSPS) is 19.5. The number of amides is 1. The molecule has 0 spiro atoms. The zero-order chi connectivity index (χ0) is 22.3. The second kappa shape index (κ2) is 10.8. The number of nitrogens with zero attached hydrogens (tertiary/aromatic N) is 6. The van der Waals surface area contributed by atoms with E-state index in [0.717, 1.165) is 70.6 Å². The summed E-state index contributed by atoms with van der Waals surface area (Å²) in [7, 11) is 1.84. The number of hydrogen-bond donors (Lipinski definition) is 1. The van der Waals surface area contributed by atoms with Crippen LogP contribution in [0, 0.1) is 0 Å². The van der Waals surface area contributed by atoms with Crippen molar-refractivity contribution < 1.29 is 14.1 Å². The van der Waals surface area contributed by atoms with E-state index in [1.54, 1.807) is 11.2 Å². The number of aliphatic imine (C=N–C) groups is 1. The van der Waals surface area contributed by atoms with E-state index >= 15 is 0 Å². The van der Waals surface area contributed by atoms with Gasteiger partial charge in [0.2, 0.25) is 0 Å². The quantitative estimate of drug-likeness (QED) is 0.540. The Morgan fingerprint density at radius 3 is 2.32 bits per heavy atom. The van der Waals surface area contributed by atoms with E-state index in [2.05, 4.69) is 30.2 Å². The van der Waals surface area contributed by atoms with Gasteiger partial charge in [0.25, 0.3) is 0 Å². The molecule has 2 aliphatic heterocycles. The number of nitrogens with one attached hydrogen (secondary N) is 1. The Hall–Kier alpha value is -2.33. The summed E-state index contributed by atoms with van der Waals surface area (Å²) in [5.74, 6) is 0.952. The first-order valence-corrected chi connectivity index (χ1v) is 11.1. The van der Waals surface area contributed by atoms with E-state index in [0.29, 0.717) is 13.1 Å². The van der Waals surface area contributed by atoms with Gasteiger partial charge in [-0.1, -0.05) is 5.16 Å². The molecule has 1 aromatic rings. The summed E-state index contributed by atoms with van der Waals surface area (Å²) in [6.45, 7) is 15.2. The topological polar surface area (TPSA) is 89.7 Å². The largest absolute Gasteiger partial charge is 0.444 e. The SMILES string of the molecule is CN=C(NCCN1CCN(C(=O)OC(C)(C)C)CC1)N1CCN(Cc2ccon2)CC1. The number of guanidine groups is 1. The van der Waals surface area contributed by atoms with Gasteiger partial charge < -0.3 is 24.4 Å². The summed E-state index contributed by atoms with van der Waals surface area (Å²) in [5.41, 5.74) is 0.526. The Kier molecular flexibility index (Phi) is 8.14. The lowest BCUT2D eigenvalue weighted by atomic mass is 10.2. The van der Waals surface area contributed by atoms with Crippen LogP contribution >= 0.6 is 0 Å². The number of rotatable bonds is 5. The summed E-state index contributed by atoms with van der Waals surface area (Å²) in [6.07, 6.45) is 1.41. The van der Waals surface area contributed by atoms with Crippen LogP contribution in [0.3, 0.4) is 0 Å². The van der Waals surface area contributed by atoms with Crippen molar-refractivity contribution in [3.63, 3.8) is 0 Å². The molecule has 0 aliphatic carbocycles. The highest BCUT2D eigenvalue weighted by atomic mass is 16.6. The molecule has 2 aliphatic rings. The third kappa shape index (κ3) is 7.39. The Morgan fingerprint density at radius 2 is 1.74 bits per heavy atom. The molecular formula is C21H37N7O3. The van der Waals surface area contributed by atoms with Gasteiger partial charge >= 0.3 is 6.09 Å². The van der Waals surface area contributed by atoms with Crippen molar-refractivity contribution in [1.82, 2.24) is 30.1 Å². The molecule has 10 heteroatoms. The molecule has 1 amide bonds. The monoisotopic (exact) mass is 435 g/mol. The minimum absolute atomic E-state index is 0.214. The molecule has 3 rings (SSSR count). The lowest BCUT2D eigenvalue weighted by Crippen LogP contribution is -2.54. The van der Waals surface area contributed by atoms with E-state index in [1.165, 1.54) is 0 Å². The lowest BCUT2D eigenvalue weighted by Gasteiger charge is -2.37. The maximum atomic E-state index is 12.2.